The Hall–Kier alpha value is -0.940. The molecule has 2 nitrogen and oxygen atoms in total. The molecule has 2 aliphatic rings. The van der Waals surface area contributed by atoms with Crippen molar-refractivity contribution in [1.82, 2.24) is 0 Å². The fraction of sp³-hybridized carbons (Fsp3) is 0.917. The van der Waals surface area contributed by atoms with Gasteiger partial charge in [0.15, 0.2) is 0 Å². The molecule has 186 valence electrons. The SMILES string of the molecule is CC(C)CCC[C@](C)(CC#CC(O)(C(F)(F)F)C(F)(F)F)[C@H]1CCC2[C@@H](O)CCC[C@@]21C. The fourth-order valence-corrected chi connectivity index (χ4v) is 6.27. The summed E-state index contributed by atoms with van der Waals surface area (Å²) in [5, 5.41) is 19.9. The summed E-state index contributed by atoms with van der Waals surface area (Å²) in [6.45, 7) is 8.14. The van der Waals surface area contributed by atoms with E-state index in [0.29, 0.717) is 12.3 Å². The van der Waals surface area contributed by atoms with Crippen molar-refractivity contribution < 1.29 is 36.6 Å². The summed E-state index contributed by atoms with van der Waals surface area (Å²) in [7, 11) is 0. The molecule has 0 aromatic heterocycles. The van der Waals surface area contributed by atoms with Crippen molar-refractivity contribution in [3.8, 4) is 11.8 Å². The second-order valence-corrected chi connectivity index (χ2v) is 10.8. The van der Waals surface area contributed by atoms with Gasteiger partial charge in [-0.05, 0) is 66.6 Å². The number of aliphatic hydroxyl groups is 2. The highest BCUT2D eigenvalue weighted by Gasteiger charge is 2.70. The minimum absolute atomic E-state index is 0.0290. The summed E-state index contributed by atoms with van der Waals surface area (Å²) in [6.07, 6.45) is -6.15. The lowest BCUT2D eigenvalue weighted by atomic mass is 9.56. The second-order valence-electron chi connectivity index (χ2n) is 10.8. The zero-order valence-corrected chi connectivity index (χ0v) is 19.3. The molecule has 2 N–H and O–H groups in total. The predicted octanol–water partition coefficient (Wildman–Crippen LogP) is 6.65. The van der Waals surface area contributed by atoms with Crippen LogP contribution in [0.15, 0.2) is 0 Å². The molecule has 0 aromatic rings. The van der Waals surface area contributed by atoms with Crippen LogP contribution < -0.4 is 0 Å². The summed E-state index contributed by atoms with van der Waals surface area (Å²) >= 11 is 0. The van der Waals surface area contributed by atoms with Crippen molar-refractivity contribution in [2.45, 2.75) is 110 Å². The van der Waals surface area contributed by atoms with Crippen molar-refractivity contribution in [3.63, 3.8) is 0 Å². The average Bonchev–Trinajstić information content (AvgIpc) is 2.98. The lowest BCUT2D eigenvalue weighted by Gasteiger charge is -2.49. The lowest BCUT2D eigenvalue weighted by Crippen LogP contribution is -2.55. The molecule has 8 heteroatoms. The Kier molecular flexibility index (Phi) is 7.99. The standard InChI is InChI=1S/C24H36F6O2/c1-16(2)8-5-12-20(3,13-7-15-22(32,23(25,26)27)24(28,29)30)19-11-10-17-18(31)9-6-14-21(17,19)4/h16-19,31-32H,5-6,8-14H2,1-4H3/t17?,18-,19+,20+,21-/m0/s1. The molecule has 0 amide bonds. The van der Waals surface area contributed by atoms with Crippen molar-refractivity contribution in [1.29, 1.82) is 0 Å². The summed E-state index contributed by atoms with van der Waals surface area (Å²) in [4.78, 5) is 0. The van der Waals surface area contributed by atoms with Crippen LogP contribution in [0.1, 0.15) is 85.5 Å². The van der Waals surface area contributed by atoms with Crippen LogP contribution in [0, 0.1) is 40.4 Å². The summed E-state index contributed by atoms with van der Waals surface area (Å²) in [5.41, 5.74) is -5.88. The smallest absolute Gasteiger partial charge is 0.393 e. The molecule has 5 atom stereocenters. The third-order valence-electron chi connectivity index (χ3n) is 8.04. The highest BCUT2D eigenvalue weighted by Crippen LogP contribution is 2.62. The Morgan fingerprint density at radius 1 is 1.03 bits per heavy atom. The van der Waals surface area contributed by atoms with Gasteiger partial charge in [0, 0.05) is 6.42 Å². The minimum atomic E-state index is -5.94. The molecule has 1 unspecified atom stereocenters. The van der Waals surface area contributed by atoms with Gasteiger partial charge in [-0.3, -0.25) is 0 Å². The molecule has 0 aliphatic heterocycles. The van der Waals surface area contributed by atoms with Crippen LogP contribution in [-0.4, -0.2) is 34.3 Å². The maximum absolute atomic E-state index is 13.0. The molecule has 2 saturated carbocycles. The van der Waals surface area contributed by atoms with Crippen molar-refractivity contribution in [2.24, 2.45) is 28.6 Å². The summed E-state index contributed by atoms with van der Waals surface area (Å²) < 4.78 is 78.2. The Morgan fingerprint density at radius 3 is 2.16 bits per heavy atom. The minimum Gasteiger partial charge on any atom is -0.393 e. The number of alkyl halides is 6. The van der Waals surface area contributed by atoms with Crippen LogP contribution in [0.2, 0.25) is 0 Å². The number of aliphatic hydroxyl groups excluding tert-OH is 1. The van der Waals surface area contributed by atoms with Crippen molar-refractivity contribution in [2.75, 3.05) is 0 Å². The van der Waals surface area contributed by atoms with Crippen LogP contribution in [0.4, 0.5) is 26.3 Å². The monoisotopic (exact) mass is 470 g/mol. The van der Waals surface area contributed by atoms with Gasteiger partial charge in [0.25, 0.3) is 0 Å². The molecule has 2 aliphatic carbocycles. The molecule has 0 saturated heterocycles. The molecule has 0 spiro atoms. The quantitative estimate of drug-likeness (QED) is 0.337. The van der Waals surface area contributed by atoms with E-state index in [-0.39, 0.29) is 23.7 Å². The molecule has 0 radical (unpaired) electrons. The number of fused-ring (bicyclic) bond motifs is 1. The molecular weight excluding hydrogens is 434 g/mol. The Labute approximate surface area is 187 Å². The van der Waals surface area contributed by atoms with E-state index in [1.165, 1.54) is 0 Å². The fourth-order valence-electron chi connectivity index (χ4n) is 6.27. The molecule has 2 fully saturated rings. The van der Waals surface area contributed by atoms with E-state index in [2.05, 4.69) is 26.7 Å². The van der Waals surface area contributed by atoms with E-state index >= 15 is 0 Å². The molecule has 0 aromatic carbocycles. The van der Waals surface area contributed by atoms with Gasteiger partial charge < -0.3 is 10.2 Å². The first kappa shape index (κ1) is 27.3. The Morgan fingerprint density at radius 2 is 1.62 bits per heavy atom. The maximum Gasteiger partial charge on any atom is 0.438 e. The molecule has 0 heterocycles. The highest BCUT2D eigenvalue weighted by molar-refractivity contribution is 5.22. The first-order valence-electron chi connectivity index (χ1n) is 11.5. The van der Waals surface area contributed by atoms with Gasteiger partial charge in [-0.1, -0.05) is 52.9 Å². The van der Waals surface area contributed by atoms with Gasteiger partial charge in [-0.15, -0.1) is 0 Å². The van der Waals surface area contributed by atoms with Gasteiger partial charge in [0.05, 0.1) is 6.10 Å². The van der Waals surface area contributed by atoms with E-state index in [0.717, 1.165) is 50.9 Å². The van der Waals surface area contributed by atoms with Gasteiger partial charge in [0.2, 0.25) is 0 Å². The molecule has 32 heavy (non-hydrogen) atoms. The lowest BCUT2D eigenvalue weighted by molar-refractivity contribution is -0.343. The molecule has 2 rings (SSSR count). The van der Waals surface area contributed by atoms with E-state index in [9.17, 15) is 36.6 Å². The van der Waals surface area contributed by atoms with Gasteiger partial charge in [-0.25, -0.2) is 0 Å². The number of hydrogen-bond donors (Lipinski definition) is 2. The summed E-state index contributed by atoms with van der Waals surface area (Å²) in [6, 6.07) is 0. The number of hydrogen-bond acceptors (Lipinski definition) is 2. The Balaban J connectivity index is 2.37. The first-order chi connectivity index (χ1) is 14.5. The third-order valence-corrected chi connectivity index (χ3v) is 8.04. The zero-order valence-electron chi connectivity index (χ0n) is 19.3. The largest absolute Gasteiger partial charge is 0.438 e. The normalized spacial score (nSPS) is 31.1. The van der Waals surface area contributed by atoms with E-state index in [1.807, 2.05) is 6.92 Å². The highest BCUT2D eigenvalue weighted by atomic mass is 19.4. The third kappa shape index (κ3) is 5.24. The molecular formula is C24H36F6O2. The van der Waals surface area contributed by atoms with Crippen LogP contribution in [0.25, 0.3) is 0 Å². The van der Waals surface area contributed by atoms with Crippen LogP contribution in [0.3, 0.4) is 0 Å². The topological polar surface area (TPSA) is 40.5 Å². The van der Waals surface area contributed by atoms with Crippen LogP contribution in [-0.2, 0) is 0 Å². The van der Waals surface area contributed by atoms with Crippen molar-refractivity contribution >= 4 is 0 Å². The second kappa shape index (κ2) is 9.37. The van der Waals surface area contributed by atoms with Crippen LogP contribution in [0.5, 0.6) is 0 Å². The van der Waals surface area contributed by atoms with E-state index < -0.39 is 29.5 Å². The zero-order chi connectivity index (χ0) is 24.6. The van der Waals surface area contributed by atoms with Crippen molar-refractivity contribution in [3.05, 3.63) is 0 Å². The number of halogens is 6. The van der Waals surface area contributed by atoms with Gasteiger partial charge in [0.1, 0.15) is 0 Å². The maximum atomic E-state index is 13.0. The average molecular weight is 471 g/mol. The first-order valence-corrected chi connectivity index (χ1v) is 11.5. The number of rotatable bonds is 6. The summed E-state index contributed by atoms with van der Waals surface area (Å²) in [5.74, 6) is 3.81. The van der Waals surface area contributed by atoms with Gasteiger partial charge >= 0.3 is 18.0 Å². The Bertz CT molecular complexity index is 690. The predicted molar refractivity (Wildman–Crippen MR) is 110 cm³/mol. The van der Waals surface area contributed by atoms with Crippen LogP contribution >= 0.6 is 0 Å². The molecule has 0 bridgehead atoms. The van der Waals surface area contributed by atoms with E-state index in [4.69, 9.17) is 0 Å². The van der Waals surface area contributed by atoms with E-state index in [1.54, 1.807) is 0 Å². The van der Waals surface area contributed by atoms with Gasteiger partial charge in [-0.2, -0.15) is 26.3 Å².